The van der Waals surface area contributed by atoms with Crippen molar-refractivity contribution in [2.24, 2.45) is 0 Å². The highest BCUT2D eigenvalue weighted by Gasteiger charge is 2.05. The molecular weight excluding hydrogens is 212 g/mol. The molecule has 17 heavy (non-hydrogen) atoms. The van der Waals surface area contributed by atoms with Crippen LogP contribution in [-0.4, -0.2) is 16.5 Å². The topological polar surface area (TPSA) is 63.8 Å². The van der Waals surface area contributed by atoms with Crippen LogP contribution in [0.1, 0.15) is 18.4 Å². The van der Waals surface area contributed by atoms with E-state index in [2.05, 4.69) is 34.3 Å². The average molecular weight is 228 g/mol. The van der Waals surface area contributed by atoms with Crippen LogP contribution < -0.4 is 11.1 Å². The molecule has 3 N–H and O–H groups in total. The number of aromatic nitrogens is 2. The van der Waals surface area contributed by atoms with Crippen molar-refractivity contribution in [1.82, 2.24) is 9.97 Å². The van der Waals surface area contributed by atoms with Crippen molar-refractivity contribution in [2.45, 2.75) is 12.8 Å². The van der Waals surface area contributed by atoms with E-state index < -0.39 is 0 Å². The van der Waals surface area contributed by atoms with Crippen molar-refractivity contribution in [3.05, 3.63) is 48.3 Å². The molecule has 0 aliphatic heterocycles. The summed E-state index contributed by atoms with van der Waals surface area (Å²) in [5.74, 6) is 1.03. The summed E-state index contributed by atoms with van der Waals surface area (Å²) in [5.41, 5.74) is 7.40. The molecule has 2 rings (SSSR count). The van der Waals surface area contributed by atoms with E-state index in [1.54, 1.807) is 12.4 Å². The van der Waals surface area contributed by atoms with Gasteiger partial charge in [-0.25, -0.2) is 9.97 Å². The standard InChI is InChI=1S/C13H16N4/c1-10(11-5-3-2-4-6-11)7-15-13-16-8-12(14)9-17-13/h2-6,8-10H,7,14H2,1H3,(H,15,16,17). The van der Waals surface area contributed by atoms with Gasteiger partial charge in [-0.1, -0.05) is 37.3 Å². The van der Waals surface area contributed by atoms with Gasteiger partial charge in [0.15, 0.2) is 0 Å². The number of nitrogens with one attached hydrogen (secondary N) is 1. The molecule has 0 saturated heterocycles. The Kier molecular flexibility index (Phi) is 3.55. The van der Waals surface area contributed by atoms with Crippen LogP contribution in [0.4, 0.5) is 11.6 Å². The average Bonchev–Trinajstić information content (AvgIpc) is 2.39. The first-order valence-corrected chi connectivity index (χ1v) is 5.62. The largest absolute Gasteiger partial charge is 0.396 e. The van der Waals surface area contributed by atoms with E-state index in [1.165, 1.54) is 5.56 Å². The van der Waals surface area contributed by atoms with E-state index in [9.17, 15) is 0 Å². The highest BCUT2D eigenvalue weighted by molar-refractivity contribution is 5.36. The molecule has 0 radical (unpaired) electrons. The zero-order valence-corrected chi connectivity index (χ0v) is 9.80. The quantitative estimate of drug-likeness (QED) is 0.842. The Morgan fingerprint density at radius 2 is 1.82 bits per heavy atom. The summed E-state index contributed by atoms with van der Waals surface area (Å²) in [6, 6.07) is 10.4. The van der Waals surface area contributed by atoms with Gasteiger partial charge in [0.25, 0.3) is 0 Å². The van der Waals surface area contributed by atoms with Gasteiger partial charge < -0.3 is 11.1 Å². The molecule has 0 saturated carbocycles. The monoisotopic (exact) mass is 228 g/mol. The molecule has 0 aliphatic carbocycles. The summed E-state index contributed by atoms with van der Waals surface area (Å²) < 4.78 is 0. The third-order valence-electron chi connectivity index (χ3n) is 2.61. The molecular formula is C13H16N4. The molecule has 1 atom stereocenters. The van der Waals surface area contributed by atoms with Crippen molar-refractivity contribution >= 4 is 11.6 Å². The van der Waals surface area contributed by atoms with Gasteiger partial charge in [0.2, 0.25) is 5.95 Å². The van der Waals surface area contributed by atoms with E-state index in [4.69, 9.17) is 5.73 Å². The maximum atomic E-state index is 5.52. The van der Waals surface area contributed by atoms with Crippen LogP contribution in [0.25, 0.3) is 0 Å². The normalized spacial score (nSPS) is 12.1. The number of hydrogen-bond donors (Lipinski definition) is 2. The zero-order chi connectivity index (χ0) is 12.1. The molecule has 2 aromatic rings. The molecule has 0 aliphatic rings. The summed E-state index contributed by atoms with van der Waals surface area (Å²) in [4.78, 5) is 8.19. The molecule has 0 bridgehead atoms. The van der Waals surface area contributed by atoms with Gasteiger partial charge in [-0.2, -0.15) is 0 Å². The molecule has 1 heterocycles. The van der Waals surface area contributed by atoms with Crippen molar-refractivity contribution in [1.29, 1.82) is 0 Å². The molecule has 0 spiro atoms. The third-order valence-corrected chi connectivity index (χ3v) is 2.61. The number of nitrogens with zero attached hydrogens (tertiary/aromatic N) is 2. The van der Waals surface area contributed by atoms with Crippen LogP contribution in [0.15, 0.2) is 42.7 Å². The summed E-state index contributed by atoms with van der Waals surface area (Å²) in [5, 5.41) is 3.19. The molecule has 0 amide bonds. The van der Waals surface area contributed by atoms with Gasteiger partial charge in [-0.15, -0.1) is 0 Å². The Morgan fingerprint density at radius 1 is 1.18 bits per heavy atom. The second-order valence-corrected chi connectivity index (χ2v) is 4.03. The van der Waals surface area contributed by atoms with Gasteiger partial charge >= 0.3 is 0 Å². The molecule has 4 nitrogen and oxygen atoms in total. The smallest absolute Gasteiger partial charge is 0.222 e. The van der Waals surface area contributed by atoms with Crippen LogP contribution in [0.3, 0.4) is 0 Å². The van der Waals surface area contributed by atoms with Gasteiger partial charge in [-0.05, 0) is 11.5 Å². The molecule has 88 valence electrons. The number of nitrogen functional groups attached to an aromatic ring is 1. The lowest BCUT2D eigenvalue weighted by Crippen LogP contribution is -2.11. The van der Waals surface area contributed by atoms with Crippen LogP contribution in [0, 0.1) is 0 Å². The number of hydrogen-bond acceptors (Lipinski definition) is 4. The Morgan fingerprint density at radius 3 is 2.47 bits per heavy atom. The Hall–Kier alpha value is -2.10. The first-order chi connectivity index (χ1) is 8.25. The summed E-state index contributed by atoms with van der Waals surface area (Å²) in [6.45, 7) is 2.97. The lowest BCUT2D eigenvalue weighted by Gasteiger charge is -2.12. The minimum atomic E-state index is 0.414. The number of rotatable bonds is 4. The third kappa shape index (κ3) is 3.17. The number of anilines is 2. The molecule has 1 unspecified atom stereocenters. The fourth-order valence-electron chi connectivity index (χ4n) is 1.57. The van der Waals surface area contributed by atoms with Crippen LogP contribution in [0.2, 0.25) is 0 Å². The van der Waals surface area contributed by atoms with Gasteiger partial charge in [0.05, 0.1) is 18.1 Å². The minimum absolute atomic E-state index is 0.414. The van der Waals surface area contributed by atoms with Crippen LogP contribution >= 0.6 is 0 Å². The van der Waals surface area contributed by atoms with E-state index in [0.29, 0.717) is 17.6 Å². The second-order valence-electron chi connectivity index (χ2n) is 4.03. The highest BCUT2D eigenvalue weighted by Crippen LogP contribution is 2.14. The minimum Gasteiger partial charge on any atom is -0.396 e. The Balaban J connectivity index is 1.92. The second kappa shape index (κ2) is 5.30. The SMILES string of the molecule is CC(CNc1ncc(N)cn1)c1ccccc1. The maximum absolute atomic E-state index is 5.52. The van der Waals surface area contributed by atoms with Crippen LogP contribution in [0.5, 0.6) is 0 Å². The predicted molar refractivity (Wildman–Crippen MR) is 69.8 cm³/mol. The maximum Gasteiger partial charge on any atom is 0.222 e. The highest BCUT2D eigenvalue weighted by atomic mass is 15.1. The van der Waals surface area contributed by atoms with Crippen molar-refractivity contribution < 1.29 is 0 Å². The van der Waals surface area contributed by atoms with Crippen molar-refractivity contribution in [3.8, 4) is 0 Å². The van der Waals surface area contributed by atoms with E-state index in [-0.39, 0.29) is 0 Å². The fourth-order valence-corrected chi connectivity index (χ4v) is 1.57. The fraction of sp³-hybridized carbons (Fsp3) is 0.231. The van der Waals surface area contributed by atoms with Gasteiger partial charge in [-0.3, -0.25) is 0 Å². The van der Waals surface area contributed by atoms with E-state index >= 15 is 0 Å². The van der Waals surface area contributed by atoms with Gasteiger partial charge in [0.1, 0.15) is 0 Å². The Bertz CT molecular complexity index is 453. The Labute approximate surface area is 101 Å². The zero-order valence-electron chi connectivity index (χ0n) is 9.80. The lowest BCUT2D eigenvalue weighted by atomic mass is 10.0. The molecule has 1 aromatic carbocycles. The first kappa shape index (κ1) is 11.4. The summed E-state index contributed by atoms with van der Waals surface area (Å²) >= 11 is 0. The summed E-state index contributed by atoms with van der Waals surface area (Å²) in [7, 11) is 0. The van der Waals surface area contributed by atoms with Gasteiger partial charge in [0, 0.05) is 6.54 Å². The number of nitrogens with two attached hydrogens (primary N) is 1. The predicted octanol–water partition coefficient (Wildman–Crippen LogP) is 2.27. The van der Waals surface area contributed by atoms with Crippen LogP contribution in [-0.2, 0) is 0 Å². The van der Waals surface area contributed by atoms with Crippen molar-refractivity contribution in [2.75, 3.05) is 17.6 Å². The first-order valence-electron chi connectivity index (χ1n) is 5.62. The lowest BCUT2D eigenvalue weighted by molar-refractivity contribution is 0.797. The molecule has 1 aromatic heterocycles. The number of benzene rings is 1. The summed E-state index contributed by atoms with van der Waals surface area (Å²) in [6.07, 6.45) is 3.20. The van der Waals surface area contributed by atoms with E-state index in [0.717, 1.165) is 6.54 Å². The molecule has 4 heteroatoms. The molecule has 0 fully saturated rings. The van der Waals surface area contributed by atoms with Crippen molar-refractivity contribution in [3.63, 3.8) is 0 Å². The van der Waals surface area contributed by atoms with E-state index in [1.807, 2.05) is 18.2 Å².